The number of benzene rings is 2. The number of carbonyl (C=O) groups is 2. The summed E-state index contributed by atoms with van der Waals surface area (Å²) in [6.07, 6.45) is 0.488. The maximum Gasteiger partial charge on any atom is 0.340 e. The molecule has 0 bridgehead atoms. The van der Waals surface area contributed by atoms with Crippen molar-refractivity contribution in [3.05, 3.63) is 53.3 Å². The van der Waals surface area contributed by atoms with Crippen molar-refractivity contribution in [1.29, 1.82) is 0 Å². The Morgan fingerprint density at radius 1 is 1.15 bits per heavy atom. The molecule has 0 aliphatic heterocycles. The van der Waals surface area contributed by atoms with Crippen LogP contribution in [0, 0.1) is 5.82 Å². The van der Waals surface area contributed by atoms with Crippen LogP contribution in [-0.2, 0) is 4.74 Å². The van der Waals surface area contributed by atoms with Crippen molar-refractivity contribution in [3.63, 3.8) is 0 Å². The summed E-state index contributed by atoms with van der Waals surface area (Å²) in [6, 6.07) is 8.37. The highest BCUT2D eigenvalue weighted by Gasteiger charge is 2.16. The van der Waals surface area contributed by atoms with Gasteiger partial charge in [-0.1, -0.05) is 6.07 Å². The molecule has 8 heteroatoms. The first-order valence-electron chi connectivity index (χ1n) is 8.18. The lowest BCUT2D eigenvalue weighted by molar-refractivity contribution is 0.0601. The van der Waals surface area contributed by atoms with Gasteiger partial charge >= 0.3 is 5.97 Å². The number of ether oxygens (including phenoxy) is 3. The SMILES string of the molecule is COC(=O)c1cc(OCCCNC(=O)c2cccc(F)c2)c(OC)cc1N. The zero-order valence-electron chi connectivity index (χ0n) is 15.1. The number of rotatable bonds is 8. The van der Waals surface area contributed by atoms with Gasteiger partial charge in [-0.15, -0.1) is 0 Å². The molecule has 0 fully saturated rings. The Balaban J connectivity index is 1.89. The third-order valence-electron chi connectivity index (χ3n) is 3.69. The number of amides is 1. The van der Waals surface area contributed by atoms with Gasteiger partial charge in [0, 0.05) is 24.2 Å². The van der Waals surface area contributed by atoms with Crippen LogP contribution in [0.2, 0.25) is 0 Å². The van der Waals surface area contributed by atoms with E-state index in [1.807, 2.05) is 0 Å². The maximum atomic E-state index is 13.1. The van der Waals surface area contributed by atoms with E-state index in [4.69, 9.17) is 15.2 Å². The summed E-state index contributed by atoms with van der Waals surface area (Å²) in [6.45, 7) is 0.584. The number of halogens is 1. The Hall–Kier alpha value is -3.29. The van der Waals surface area contributed by atoms with Crippen molar-refractivity contribution in [1.82, 2.24) is 5.32 Å². The summed E-state index contributed by atoms with van der Waals surface area (Å²) >= 11 is 0. The fourth-order valence-corrected chi connectivity index (χ4v) is 2.32. The molecule has 2 aromatic rings. The summed E-state index contributed by atoms with van der Waals surface area (Å²) in [5.74, 6) is -0.703. The van der Waals surface area contributed by atoms with Crippen molar-refractivity contribution in [3.8, 4) is 11.5 Å². The topological polar surface area (TPSA) is 99.9 Å². The Bertz CT molecular complexity index is 826. The van der Waals surface area contributed by atoms with Crippen LogP contribution >= 0.6 is 0 Å². The van der Waals surface area contributed by atoms with Crippen molar-refractivity contribution in [2.45, 2.75) is 6.42 Å². The van der Waals surface area contributed by atoms with E-state index in [-0.39, 0.29) is 29.3 Å². The van der Waals surface area contributed by atoms with E-state index < -0.39 is 11.8 Å². The second-order valence-electron chi connectivity index (χ2n) is 5.55. The fraction of sp³-hybridized carbons (Fsp3) is 0.263. The van der Waals surface area contributed by atoms with Gasteiger partial charge in [-0.3, -0.25) is 4.79 Å². The number of hydrogen-bond donors (Lipinski definition) is 2. The molecule has 3 N–H and O–H groups in total. The summed E-state index contributed by atoms with van der Waals surface area (Å²) in [5.41, 5.74) is 6.45. The summed E-state index contributed by atoms with van der Waals surface area (Å²) < 4.78 is 28.6. The van der Waals surface area contributed by atoms with Crippen LogP contribution in [0.1, 0.15) is 27.1 Å². The van der Waals surface area contributed by atoms with Crippen LogP contribution < -0.4 is 20.5 Å². The summed E-state index contributed by atoms with van der Waals surface area (Å²) in [5, 5.41) is 2.68. The summed E-state index contributed by atoms with van der Waals surface area (Å²) in [7, 11) is 2.71. The Morgan fingerprint density at radius 2 is 1.93 bits per heavy atom. The molecule has 0 atom stereocenters. The number of esters is 1. The van der Waals surface area contributed by atoms with Crippen LogP contribution in [0.25, 0.3) is 0 Å². The molecule has 0 aliphatic carbocycles. The number of methoxy groups -OCH3 is 2. The summed E-state index contributed by atoms with van der Waals surface area (Å²) in [4.78, 5) is 23.6. The van der Waals surface area contributed by atoms with Gasteiger partial charge in [0.2, 0.25) is 0 Å². The van der Waals surface area contributed by atoms with Gasteiger partial charge < -0.3 is 25.3 Å². The standard InChI is InChI=1S/C19H21FN2O5/c1-25-16-11-15(21)14(19(24)26-2)10-17(16)27-8-4-7-22-18(23)12-5-3-6-13(20)9-12/h3,5-6,9-11H,4,7-8,21H2,1-2H3,(H,22,23). The van der Waals surface area contributed by atoms with Gasteiger partial charge in [-0.25, -0.2) is 9.18 Å². The Kier molecular flexibility index (Phi) is 6.99. The van der Waals surface area contributed by atoms with Crippen LogP contribution in [0.3, 0.4) is 0 Å². The van der Waals surface area contributed by atoms with Gasteiger partial charge in [-0.2, -0.15) is 0 Å². The first-order valence-corrected chi connectivity index (χ1v) is 8.18. The highest BCUT2D eigenvalue weighted by Crippen LogP contribution is 2.32. The third-order valence-corrected chi connectivity index (χ3v) is 3.69. The van der Waals surface area contributed by atoms with Crippen molar-refractivity contribution in [2.24, 2.45) is 0 Å². The van der Waals surface area contributed by atoms with E-state index >= 15 is 0 Å². The number of nitrogens with one attached hydrogen (secondary N) is 1. The highest BCUT2D eigenvalue weighted by atomic mass is 19.1. The van der Waals surface area contributed by atoms with Gasteiger partial charge in [0.1, 0.15) is 5.82 Å². The minimum atomic E-state index is -0.581. The van der Waals surface area contributed by atoms with E-state index in [9.17, 15) is 14.0 Å². The second-order valence-corrected chi connectivity index (χ2v) is 5.55. The van der Waals surface area contributed by atoms with Crippen LogP contribution in [0.5, 0.6) is 11.5 Å². The minimum absolute atomic E-state index is 0.174. The third kappa shape index (κ3) is 5.34. The Labute approximate surface area is 156 Å². The zero-order valence-corrected chi connectivity index (χ0v) is 15.1. The van der Waals surface area contributed by atoms with Crippen molar-refractivity contribution in [2.75, 3.05) is 33.1 Å². The number of carbonyl (C=O) groups excluding carboxylic acids is 2. The molecule has 0 radical (unpaired) electrons. The molecule has 0 spiro atoms. The lowest BCUT2D eigenvalue weighted by Gasteiger charge is -2.14. The lowest BCUT2D eigenvalue weighted by atomic mass is 10.1. The predicted molar refractivity (Wildman–Crippen MR) is 97.6 cm³/mol. The molecule has 0 aliphatic rings. The van der Waals surface area contributed by atoms with Gasteiger partial charge in [0.05, 0.1) is 32.1 Å². The van der Waals surface area contributed by atoms with E-state index in [1.165, 1.54) is 50.6 Å². The normalized spacial score (nSPS) is 10.2. The molecule has 27 heavy (non-hydrogen) atoms. The molecular formula is C19H21FN2O5. The quantitative estimate of drug-likeness (QED) is 0.417. The van der Waals surface area contributed by atoms with Crippen LogP contribution in [0.4, 0.5) is 10.1 Å². The number of hydrogen-bond acceptors (Lipinski definition) is 6. The molecule has 2 aromatic carbocycles. The molecule has 0 saturated carbocycles. The lowest BCUT2D eigenvalue weighted by Crippen LogP contribution is -2.25. The molecule has 2 rings (SSSR count). The minimum Gasteiger partial charge on any atom is -0.493 e. The molecule has 0 heterocycles. The number of nitrogen functional groups attached to an aromatic ring is 1. The Morgan fingerprint density at radius 3 is 2.59 bits per heavy atom. The average molecular weight is 376 g/mol. The monoisotopic (exact) mass is 376 g/mol. The maximum absolute atomic E-state index is 13.1. The van der Waals surface area contributed by atoms with Crippen molar-refractivity contribution >= 4 is 17.6 Å². The molecule has 0 unspecified atom stereocenters. The van der Waals surface area contributed by atoms with Crippen molar-refractivity contribution < 1.29 is 28.2 Å². The first-order chi connectivity index (χ1) is 13.0. The number of anilines is 1. The highest BCUT2D eigenvalue weighted by molar-refractivity contribution is 5.96. The van der Waals surface area contributed by atoms with Crippen LogP contribution in [-0.4, -0.2) is 39.2 Å². The van der Waals surface area contributed by atoms with Crippen LogP contribution in [0.15, 0.2) is 36.4 Å². The van der Waals surface area contributed by atoms with E-state index in [2.05, 4.69) is 10.1 Å². The average Bonchev–Trinajstić information content (AvgIpc) is 2.67. The number of nitrogens with two attached hydrogens (primary N) is 1. The second kappa shape index (κ2) is 9.42. The predicted octanol–water partition coefficient (Wildman–Crippen LogP) is 2.40. The van der Waals surface area contributed by atoms with Gasteiger partial charge in [-0.05, 0) is 24.6 Å². The largest absolute Gasteiger partial charge is 0.493 e. The first kappa shape index (κ1) is 20.0. The van der Waals surface area contributed by atoms with Gasteiger partial charge in [0.25, 0.3) is 5.91 Å². The fourth-order valence-electron chi connectivity index (χ4n) is 2.32. The molecule has 7 nitrogen and oxygen atoms in total. The molecule has 1 amide bonds. The van der Waals surface area contributed by atoms with E-state index in [0.29, 0.717) is 24.5 Å². The van der Waals surface area contributed by atoms with E-state index in [0.717, 1.165) is 0 Å². The zero-order chi connectivity index (χ0) is 19.8. The van der Waals surface area contributed by atoms with E-state index in [1.54, 1.807) is 0 Å². The van der Waals surface area contributed by atoms with Gasteiger partial charge in [0.15, 0.2) is 11.5 Å². The molecule has 0 saturated heterocycles. The smallest absolute Gasteiger partial charge is 0.340 e. The molecule has 144 valence electrons. The molecular weight excluding hydrogens is 355 g/mol. The molecule has 0 aromatic heterocycles.